The molecule has 0 saturated heterocycles. The van der Waals surface area contributed by atoms with E-state index >= 15 is 0 Å². The van der Waals surface area contributed by atoms with Gasteiger partial charge < -0.3 is 16.0 Å². The van der Waals surface area contributed by atoms with Gasteiger partial charge in [0.25, 0.3) is 0 Å². The summed E-state index contributed by atoms with van der Waals surface area (Å²) in [5, 5.41) is 6.86. The SMILES string of the molecule is O=C(CNC(=O)Nc1ccc(F)c(F)c1)Nc1cccc(F)c1. The van der Waals surface area contributed by atoms with Crippen molar-refractivity contribution in [3.63, 3.8) is 0 Å². The molecule has 0 fully saturated rings. The molecule has 0 aromatic heterocycles. The molecule has 0 atom stereocenters. The van der Waals surface area contributed by atoms with E-state index in [2.05, 4.69) is 16.0 Å². The zero-order valence-electron chi connectivity index (χ0n) is 11.7. The van der Waals surface area contributed by atoms with Gasteiger partial charge in [0.1, 0.15) is 5.82 Å². The van der Waals surface area contributed by atoms with Crippen molar-refractivity contribution < 1.29 is 22.8 Å². The Kier molecular flexibility index (Phi) is 5.19. The van der Waals surface area contributed by atoms with Crippen molar-refractivity contribution in [2.75, 3.05) is 17.2 Å². The molecule has 0 unspecified atom stereocenters. The van der Waals surface area contributed by atoms with E-state index in [0.717, 1.165) is 18.2 Å². The first-order chi connectivity index (χ1) is 10.9. The normalized spacial score (nSPS) is 10.0. The fourth-order valence-electron chi connectivity index (χ4n) is 1.68. The quantitative estimate of drug-likeness (QED) is 0.810. The summed E-state index contributed by atoms with van der Waals surface area (Å²) in [5.41, 5.74) is 0.282. The number of hydrogen-bond acceptors (Lipinski definition) is 2. The summed E-state index contributed by atoms with van der Waals surface area (Å²) in [6, 6.07) is 7.33. The van der Waals surface area contributed by atoms with Gasteiger partial charge in [-0.1, -0.05) is 6.07 Å². The van der Waals surface area contributed by atoms with Gasteiger partial charge in [-0.25, -0.2) is 18.0 Å². The molecule has 0 radical (unpaired) electrons. The lowest BCUT2D eigenvalue weighted by molar-refractivity contribution is -0.115. The molecule has 0 saturated carbocycles. The molecule has 0 aliphatic rings. The predicted octanol–water partition coefficient (Wildman–Crippen LogP) is 2.86. The van der Waals surface area contributed by atoms with Crippen LogP contribution in [0.15, 0.2) is 42.5 Å². The Bertz CT molecular complexity index is 738. The predicted molar refractivity (Wildman–Crippen MR) is 78.4 cm³/mol. The molecule has 8 heteroatoms. The summed E-state index contributed by atoms with van der Waals surface area (Å²) in [5.74, 6) is -3.22. The van der Waals surface area contributed by atoms with Crippen LogP contribution in [0.3, 0.4) is 0 Å². The highest BCUT2D eigenvalue weighted by Crippen LogP contribution is 2.12. The molecular formula is C15H12F3N3O2. The Morgan fingerprint density at radius 3 is 2.30 bits per heavy atom. The average Bonchev–Trinajstić information content (AvgIpc) is 2.49. The van der Waals surface area contributed by atoms with Crippen molar-refractivity contribution in [3.8, 4) is 0 Å². The summed E-state index contributed by atoms with van der Waals surface area (Å²) < 4.78 is 38.7. The maximum Gasteiger partial charge on any atom is 0.319 e. The van der Waals surface area contributed by atoms with Gasteiger partial charge in [0.15, 0.2) is 11.6 Å². The van der Waals surface area contributed by atoms with E-state index in [1.807, 2.05) is 0 Å². The largest absolute Gasteiger partial charge is 0.329 e. The zero-order chi connectivity index (χ0) is 16.8. The van der Waals surface area contributed by atoms with Crippen LogP contribution >= 0.6 is 0 Å². The highest BCUT2D eigenvalue weighted by Gasteiger charge is 2.08. The molecule has 23 heavy (non-hydrogen) atoms. The Labute approximate surface area is 129 Å². The first kappa shape index (κ1) is 16.3. The van der Waals surface area contributed by atoms with Crippen LogP contribution in [0.1, 0.15) is 0 Å². The first-order valence-corrected chi connectivity index (χ1v) is 6.49. The summed E-state index contributed by atoms with van der Waals surface area (Å²) in [4.78, 5) is 23.1. The van der Waals surface area contributed by atoms with Crippen LogP contribution in [0.4, 0.5) is 29.3 Å². The van der Waals surface area contributed by atoms with Crippen LogP contribution in [0.25, 0.3) is 0 Å². The Hall–Kier alpha value is -3.03. The van der Waals surface area contributed by atoms with Crippen molar-refractivity contribution >= 4 is 23.3 Å². The fraction of sp³-hybridized carbons (Fsp3) is 0.0667. The van der Waals surface area contributed by atoms with Crippen molar-refractivity contribution in [3.05, 3.63) is 59.9 Å². The van der Waals surface area contributed by atoms with Crippen LogP contribution < -0.4 is 16.0 Å². The molecule has 3 N–H and O–H groups in total. The molecule has 0 aliphatic heterocycles. The topological polar surface area (TPSA) is 70.2 Å². The van der Waals surface area contributed by atoms with Crippen LogP contribution in [-0.4, -0.2) is 18.5 Å². The van der Waals surface area contributed by atoms with Crippen molar-refractivity contribution in [2.24, 2.45) is 0 Å². The number of nitrogens with one attached hydrogen (secondary N) is 3. The number of urea groups is 1. The molecule has 120 valence electrons. The van der Waals surface area contributed by atoms with Gasteiger partial charge in [0, 0.05) is 17.4 Å². The van der Waals surface area contributed by atoms with Crippen LogP contribution in [0, 0.1) is 17.5 Å². The van der Waals surface area contributed by atoms with Crippen molar-refractivity contribution in [1.29, 1.82) is 0 Å². The summed E-state index contributed by atoms with van der Waals surface area (Å²) in [6.45, 7) is -0.383. The Balaban J connectivity index is 1.81. The number of carbonyl (C=O) groups excluding carboxylic acids is 2. The Morgan fingerprint density at radius 1 is 0.870 bits per heavy atom. The van der Waals surface area contributed by atoms with Crippen LogP contribution in [0.2, 0.25) is 0 Å². The van der Waals surface area contributed by atoms with E-state index in [4.69, 9.17) is 0 Å². The van der Waals surface area contributed by atoms with Crippen molar-refractivity contribution in [2.45, 2.75) is 0 Å². The average molecular weight is 323 g/mol. The molecule has 0 bridgehead atoms. The monoisotopic (exact) mass is 323 g/mol. The number of benzene rings is 2. The third kappa shape index (κ3) is 5.03. The summed E-state index contributed by atoms with van der Waals surface area (Å²) in [7, 11) is 0. The first-order valence-electron chi connectivity index (χ1n) is 6.49. The number of halogens is 3. The number of hydrogen-bond donors (Lipinski definition) is 3. The fourth-order valence-corrected chi connectivity index (χ4v) is 1.68. The maximum absolute atomic E-state index is 13.0. The number of amides is 3. The minimum atomic E-state index is -1.10. The zero-order valence-corrected chi connectivity index (χ0v) is 11.7. The summed E-state index contributed by atoms with van der Waals surface area (Å²) >= 11 is 0. The van der Waals surface area contributed by atoms with Gasteiger partial charge in [0.2, 0.25) is 5.91 Å². The molecule has 5 nitrogen and oxygen atoms in total. The smallest absolute Gasteiger partial charge is 0.319 e. The standard InChI is InChI=1S/C15H12F3N3O2/c16-9-2-1-3-10(6-9)20-14(22)8-19-15(23)21-11-4-5-12(17)13(18)7-11/h1-7H,8H2,(H,20,22)(H2,19,21,23). The second kappa shape index (κ2) is 7.30. The Morgan fingerprint density at radius 2 is 1.61 bits per heavy atom. The maximum atomic E-state index is 13.0. The van der Waals surface area contributed by atoms with Gasteiger partial charge in [-0.15, -0.1) is 0 Å². The highest BCUT2D eigenvalue weighted by atomic mass is 19.2. The molecule has 0 aliphatic carbocycles. The van der Waals surface area contributed by atoms with Gasteiger partial charge in [0.05, 0.1) is 6.54 Å². The molecule has 2 aromatic rings. The minimum absolute atomic E-state index is 0.0342. The van der Waals surface area contributed by atoms with E-state index in [9.17, 15) is 22.8 Å². The van der Waals surface area contributed by atoms with E-state index in [1.165, 1.54) is 24.3 Å². The second-order valence-corrected chi connectivity index (χ2v) is 4.50. The van der Waals surface area contributed by atoms with Gasteiger partial charge in [-0.3, -0.25) is 4.79 Å². The lowest BCUT2D eigenvalue weighted by Crippen LogP contribution is -2.35. The van der Waals surface area contributed by atoms with E-state index in [1.54, 1.807) is 0 Å². The minimum Gasteiger partial charge on any atom is -0.329 e. The van der Waals surface area contributed by atoms with E-state index < -0.39 is 29.4 Å². The lowest BCUT2D eigenvalue weighted by Gasteiger charge is -2.08. The molecular weight excluding hydrogens is 311 g/mol. The van der Waals surface area contributed by atoms with Crippen LogP contribution in [0.5, 0.6) is 0 Å². The van der Waals surface area contributed by atoms with E-state index in [0.29, 0.717) is 0 Å². The third-order valence-electron chi connectivity index (χ3n) is 2.70. The van der Waals surface area contributed by atoms with Crippen molar-refractivity contribution in [1.82, 2.24) is 5.32 Å². The number of rotatable bonds is 4. The van der Waals surface area contributed by atoms with Gasteiger partial charge in [-0.05, 0) is 30.3 Å². The van der Waals surface area contributed by atoms with Gasteiger partial charge >= 0.3 is 6.03 Å². The number of anilines is 2. The second-order valence-electron chi connectivity index (χ2n) is 4.50. The lowest BCUT2D eigenvalue weighted by atomic mass is 10.3. The van der Waals surface area contributed by atoms with E-state index in [-0.39, 0.29) is 17.9 Å². The molecule has 0 heterocycles. The molecule has 2 rings (SSSR count). The third-order valence-corrected chi connectivity index (χ3v) is 2.70. The molecule has 3 amide bonds. The molecule has 0 spiro atoms. The van der Waals surface area contributed by atoms with Crippen LogP contribution in [-0.2, 0) is 4.79 Å². The summed E-state index contributed by atoms with van der Waals surface area (Å²) in [6.07, 6.45) is 0. The number of carbonyl (C=O) groups is 2. The highest BCUT2D eigenvalue weighted by molar-refractivity contribution is 5.96. The molecule has 2 aromatic carbocycles. The van der Waals surface area contributed by atoms with Gasteiger partial charge in [-0.2, -0.15) is 0 Å².